The molecule has 2 N–H and O–H groups in total. The molecule has 0 bridgehead atoms. The smallest absolute Gasteiger partial charge is 0.291 e. The van der Waals surface area contributed by atoms with Crippen LogP contribution in [-0.2, 0) is 0 Å². The van der Waals surface area contributed by atoms with Crippen LogP contribution in [0.4, 0.5) is 5.69 Å². The van der Waals surface area contributed by atoms with Crippen LogP contribution in [0.2, 0.25) is 0 Å². The summed E-state index contributed by atoms with van der Waals surface area (Å²) in [5.74, 6) is -0.0507. The van der Waals surface area contributed by atoms with E-state index in [1.807, 2.05) is 0 Å². The van der Waals surface area contributed by atoms with E-state index in [-0.39, 0.29) is 11.7 Å². The first-order chi connectivity index (χ1) is 8.16. The van der Waals surface area contributed by atoms with Crippen LogP contribution in [0.1, 0.15) is 29.1 Å². The highest BCUT2D eigenvalue weighted by atomic mass is 16.3. The van der Waals surface area contributed by atoms with Gasteiger partial charge in [0.15, 0.2) is 5.76 Å². The number of carbonyl (C=O) groups is 1. The molecule has 2 aromatic rings. The first-order valence-electron chi connectivity index (χ1n) is 5.29. The molecule has 0 aliphatic rings. The van der Waals surface area contributed by atoms with Crippen LogP contribution in [0, 0.1) is 0 Å². The molecule has 1 atom stereocenters. The SMILES string of the molecule is CC(O)c1cccc(NC(=O)c2ccco2)c1. The molecule has 0 saturated carbocycles. The van der Waals surface area contributed by atoms with Crippen molar-refractivity contribution in [1.82, 2.24) is 0 Å². The van der Waals surface area contributed by atoms with Crippen LogP contribution in [0.5, 0.6) is 0 Å². The molecule has 2 rings (SSSR count). The number of hydrogen-bond acceptors (Lipinski definition) is 3. The molecule has 0 fully saturated rings. The van der Waals surface area contributed by atoms with Gasteiger partial charge in [0.25, 0.3) is 5.91 Å². The van der Waals surface area contributed by atoms with E-state index in [0.717, 1.165) is 5.56 Å². The minimum absolute atomic E-state index is 0.257. The van der Waals surface area contributed by atoms with Gasteiger partial charge in [0.1, 0.15) is 0 Å². The quantitative estimate of drug-likeness (QED) is 0.853. The first kappa shape index (κ1) is 11.4. The van der Waals surface area contributed by atoms with Gasteiger partial charge in [0.2, 0.25) is 0 Å². The minimum Gasteiger partial charge on any atom is -0.459 e. The van der Waals surface area contributed by atoms with Gasteiger partial charge in [-0.15, -0.1) is 0 Å². The van der Waals surface area contributed by atoms with E-state index in [4.69, 9.17) is 4.42 Å². The molecule has 1 amide bonds. The van der Waals surface area contributed by atoms with Crippen molar-refractivity contribution in [2.45, 2.75) is 13.0 Å². The number of furan rings is 1. The maximum Gasteiger partial charge on any atom is 0.291 e. The predicted octanol–water partition coefficient (Wildman–Crippen LogP) is 2.59. The Bertz CT molecular complexity index is 503. The van der Waals surface area contributed by atoms with Gasteiger partial charge in [-0.25, -0.2) is 0 Å². The standard InChI is InChI=1S/C13H13NO3/c1-9(15)10-4-2-5-11(8-10)14-13(16)12-6-3-7-17-12/h2-9,15H,1H3,(H,14,16). The van der Waals surface area contributed by atoms with E-state index in [9.17, 15) is 9.90 Å². The molecule has 0 aliphatic heterocycles. The lowest BCUT2D eigenvalue weighted by Crippen LogP contribution is -2.11. The van der Waals surface area contributed by atoms with Crippen LogP contribution in [0.3, 0.4) is 0 Å². The molecule has 1 aromatic carbocycles. The molecule has 4 nitrogen and oxygen atoms in total. The van der Waals surface area contributed by atoms with Crippen molar-refractivity contribution in [1.29, 1.82) is 0 Å². The molecule has 1 aromatic heterocycles. The summed E-state index contributed by atoms with van der Waals surface area (Å²) < 4.78 is 4.98. The van der Waals surface area contributed by atoms with Crippen molar-refractivity contribution in [2.24, 2.45) is 0 Å². The van der Waals surface area contributed by atoms with Crippen molar-refractivity contribution in [3.63, 3.8) is 0 Å². The van der Waals surface area contributed by atoms with Crippen LogP contribution in [-0.4, -0.2) is 11.0 Å². The Morgan fingerprint density at radius 3 is 2.82 bits per heavy atom. The Kier molecular flexibility index (Phi) is 3.25. The predicted molar refractivity (Wildman–Crippen MR) is 63.7 cm³/mol. The lowest BCUT2D eigenvalue weighted by molar-refractivity contribution is 0.0996. The van der Waals surface area contributed by atoms with Crippen LogP contribution < -0.4 is 5.32 Å². The molecule has 4 heteroatoms. The largest absolute Gasteiger partial charge is 0.459 e. The fourth-order valence-corrected chi connectivity index (χ4v) is 1.48. The van der Waals surface area contributed by atoms with E-state index in [1.165, 1.54) is 6.26 Å². The minimum atomic E-state index is -0.560. The summed E-state index contributed by atoms with van der Waals surface area (Å²) in [4.78, 5) is 11.7. The molecule has 1 heterocycles. The fourth-order valence-electron chi connectivity index (χ4n) is 1.48. The van der Waals surface area contributed by atoms with Gasteiger partial charge in [-0.2, -0.15) is 0 Å². The summed E-state index contributed by atoms with van der Waals surface area (Å²) in [7, 11) is 0. The molecule has 0 saturated heterocycles. The Morgan fingerprint density at radius 2 is 2.18 bits per heavy atom. The maximum absolute atomic E-state index is 11.7. The van der Waals surface area contributed by atoms with Gasteiger partial charge in [0, 0.05) is 5.69 Å². The van der Waals surface area contributed by atoms with Crippen LogP contribution >= 0.6 is 0 Å². The molecular formula is C13H13NO3. The van der Waals surface area contributed by atoms with E-state index in [0.29, 0.717) is 5.69 Å². The molecular weight excluding hydrogens is 218 g/mol. The normalized spacial score (nSPS) is 12.1. The van der Waals surface area contributed by atoms with Gasteiger partial charge in [-0.1, -0.05) is 12.1 Å². The number of nitrogens with one attached hydrogen (secondary N) is 1. The summed E-state index contributed by atoms with van der Waals surface area (Å²) in [6.45, 7) is 1.67. The van der Waals surface area contributed by atoms with E-state index in [1.54, 1.807) is 43.3 Å². The maximum atomic E-state index is 11.7. The molecule has 1 unspecified atom stereocenters. The average molecular weight is 231 g/mol. The summed E-state index contributed by atoms with van der Waals surface area (Å²) >= 11 is 0. The van der Waals surface area contributed by atoms with Gasteiger partial charge in [-0.05, 0) is 36.8 Å². The van der Waals surface area contributed by atoms with Crippen molar-refractivity contribution in [3.8, 4) is 0 Å². The van der Waals surface area contributed by atoms with Crippen molar-refractivity contribution >= 4 is 11.6 Å². The zero-order chi connectivity index (χ0) is 12.3. The van der Waals surface area contributed by atoms with E-state index < -0.39 is 6.10 Å². The summed E-state index contributed by atoms with van der Waals surface area (Å²) in [5.41, 5.74) is 1.38. The Balaban J connectivity index is 2.14. The Morgan fingerprint density at radius 1 is 1.35 bits per heavy atom. The number of benzene rings is 1. The second kappa shape index (κ2) is 4.84. The van der Waals surface area contributed by atoms with Crippen molar-refractivity contribution in [2.75, 3.05) is 5.32 Å². The Hall–Kier alpha value is -2.07. The highest BCUT2D eigenvalue weighted by Crippen LogP contribution is 2.17. The van der Waals surface area contributed by atoms with E-state index >= 15 is 0 Å². The Labute approximate surface area is 98.9 Å². The van der Waals surface area contributed by atoms with Gasteiger partial charge >= 0.3 is 0 Å². The lowest BCUT2D eigenvalue weighted by Gasteiger charge is -2.08. The summed E-state index contributed by atoms with van der Waals surface area (Å²) in [5, 5.41) is 12.1. The number of hydrogen-bond donors (Lipinski definition) is 2. The first-order valence-corrected chi connectivity index (χ1v) is 5.29. The summed E-state index contributed by atoms with van der Waals surface area (Å²) in [6, 6.07) is 10.3. The number of anilines is 1. The van der Waals surface area contributed by atoms with E-state index in [2.05, 4.69) is 5.32 Å². The van der Waals surface area contributed by atoms with Gasteiger partial charge in [0.05, 0.1) is 12.4 Å². The number of amides is 1. The summed E-state index contributed by atoms with van der Waals surface area (Å²) in [6.07, 6.45) is 0.886. The van der Waals surface area contributed by atoms with Gasteiger partial charge < -0.3 is 14.8 Å². The molecule has 17 heavy (non-hydrogen) atoms. The lowest BCUT2D eigenvalue weighted by atomic mass is 10.1. The highest BCUT2D eigenvalue weighted by molar-refractivity contribution is 6.02. The third-order valence-electron chi connectivity index (χ3n) is 2.37. The second-order valence-corrected chi connectivity index (χ2v) is 3.73. The highest BCUT2D eigenvalue weighted by Gasteiger charge is 2.09. The zero-order valence-electron chi connectivity index (χ0n) is 9.38. The molecule has 0 aliphatic carbocycles. The number of rotatable bonds is 3. The fraction of sp³-hybridized carbons (Fsp3) is 0.154. The molecule has 0 spiro atoms. The van der Waals surface area contributed by atoms with Crippen molar-refractivity contribution in [3.05, 3.63) is 54.0 Å². The number of aliphatic hydroxyl groups is 1. The second-order valence-electron chi connectivity index (χ2n) is 3.73. The van der Waals surface area contributed by atoms with Gasteiger partial charge in [-0.3, -0.25) is 4.79 Å². The van der Waals surface area contributed by atoms with Crippen molar-refractivity contribution < 1.29 is 14.3 Å². The monoisotopic (exact) mass is 231 g/mol. The third-order valence-corrected chi connectivity index (χ3v) is 2.37. The molecule has 88 valence electrons. The average Bonchev–Trinajstić information content (AvgIpc) is 2.82. The number of aliphatic hydroxyl groups excluding tert-OH is 1. The van der Waals surface area contributed by atoms with Crippen LogP contribution in [0.25, 0.3) is 0 Å². The third kappa shape index (κ3) is 2.73. The van der Waals surface area contributed by atoms with Crippen LogP contribution in [0.15, 0.2) is 47.1 Å². The molecule has 0 radical (unpaired) electrons. The topological polar surface area (TPSA) is 62.5 Å². The zero-order valence-corrected chi connectivity index (χ0v) is 9.38. The number of carbonyl (C=O) groups excluding carboxylic acids is 1.